The van der Waals surface area contributed by atoms with Gasteiger partial charge in [-0.15, -0.1) is 10.2 Å². The number of carbonyl (C=O) groups is 1. The first-order valence-electron chi connectivity index (χ1n) is 9.24. The van der Waals surface area contributed by atoms with Gasteiger partial charge in [-0.3, -0.25) is 9.36 Å². The Morgan fingerprint density at radius 1 is 1.07 bits per heavy atom. The van der Waals surface area contributed by atoms with E-state index in [1.807, 2.05) is 39.8 Å². The van der Waals surface area contributed by atoms with Crippen molar-refractivity contribution in [3.05, 3.63) is 60.6 Å². The molecule has 2 aromatic heterocycles. The average molecular weight is 395 g/mol. The molecule has 1 fully saturated rings. The Bertz CT molecular complexity index is 919. The highest BCUT2D eigenvalue weighted by Crippen LogP contribution is 2.21. The minimum atomic E-state index is 0.129. The van der Waals surface area contributed by atoms with Crippen LogP contribution in [0.1, 0.15) is 5.56 Å². The van der Waals surface area contributed by atoms with Crippen molar-refractivity contribution in [2.45, 2.75) is 12.1 Å². The number of piperazine rings is 1. The summed E-state index contributed by atoms with van der Waals surface area (Å²) >= 11 is 1.42. The van der Waals surface area contributed by atoms with Crippen molar-refractivity contribution in [2.24, 2.45) is 0 Å². The molecule has 1 amide bonds. The number of aryl methyl sites for hydroxylation is 1. The van der Waals surface area contributed by atoms with Crippen LogP contribution < -0.4 is 4.90 Å². The van der Waals surface area contributed by atoms with Crippen LogP contribution in [0.5, 0.6) is 0 Å². The number of anilines is 1. The molecule has 1 aliphatic heterocycles. The molecular formula is C20H22N6OS. The van der Waals surface area contributed by atoms with Gasteiger partial charge in [0.2, 0.25) is 5.91 Å². The normalized spacial score (nSPS) is 14.3. The van der Waals surface area contributed by atoms with Crippen LogP contribution in [-0.2, 0) is 4.79 Å². The van der Waals surface area contributed by atoms with E-state index < -0.39 is 0 Å². The molecule has 8 heteroatoms. The van der Waals surface area contributed by atoms with E-state index in [0.717, 1.165) is 29.8 Å². The predicted molar refractivity (Wildman–Crippen MR) is 110 cm³/mol. The van der Waals surface area contributed by atoms with E-state index in [2.05, 4.69) is 39.1 Å². The number of thioether (sulfide) groups is 1. The number of hydrogen-bond donors (Lipinski definition) is 0. The zero-order valence-electron chi connectivity index (χ0n) is 15.7. The van der Waals surface area contributed by atoms with Gasteiger partial charge in [0.05, 0.1) is 5.75 Å². The lowest BCUT2D eigenvalue weighted by Gasteiger charge is -2.35. The van der Waals surface area contributed by atoms with Crippen molar-refractivity contribution >= 4 is 23.5 Å². The number of pyridine rings is 1. The van der Waals surface area contributed by atoms with Gasteiger partial charge in [-0.05, 0) is 31.2 Å². The lowest BCUT2D eigenvalue weighted by molar-refractivity contribution is -0.128. The van der Waals surface area contributed by atoms with E-state index in [1.165, 1.54) is 17.3 Å². The van der Waals surface area contributed by atoms with Gasteiger partial charge in [0, 0.05) is 38.1 Å². The van der Waals surface area contributed by atoms with Crippen LogP contribution in [0.15, 0.2) is 60.1 Å². The van der Waals surface area contributed by atoms with Gasteiger partial charge in [0.1, 0.15) is 12.1 Å². The molecule has 1 aromatic carbocycles. The van der Waals surface area contributed by atoms with E-state index in [4.69, 9.17) is 0 Å². The molecule has 0 aliphatic carbocycles. The Hall–Kier alpha value is -2.87. The summed E-state index contributed by atoms with van der Waals surface area (Å²) in [4.78, 5) is 21.2. The van der Waals surface area contributed by atoms with Gasteiger partial charge < -0.3 is 9.80 Å². The molecule has 3 heterocycles. The fourth-order valence-electron chi connectivity index (χ4n) is 3.15. The lowest BCUT2D eigenvalue weighted by Crippen LogP contribution is -2.49. The molecule has 3 aromatic rings. The zero-order valence-corrected chi connectivity index (χ0v) is 16.5. The molecule has 0 atom stereocenters. The number of amides is 1. The monoisotopic (exact) mass is 394 g/mol. The molecule has 4 rings (SSSR count). The molecule has 28 heavy (non-hydrogen) atoms. The molecule has 0 radical (unpaired) electrons. The third kappa shape index (κ3) is 4.17. The molecule has 144 valence electrons. The molecule has 7 nitrogen and oxygen atoms in total. The van der Waals surface area contributed by atoms with Crippen LogP contribution in [-0.4, -0.2) is 62.5 Å². The van der Waals surface area contributed by atoms with Crippen LogP contribution in [0.25, 0.3) is 5.69 Å². The minimum absolute atomic E-state index is 0.129. The first kappa shape index (κ1) is 18.5. The van der Waals surface area contributed by atoms with E-state index in [-0.39, 0.29) is 5.91 Å². The van der Waals surface area contributed by atoms with E-state index >= 15 is 0 Å². The highest BCUT2D eigenvalue weighted by molar-refractivity contribution is 7.99. The van der Waals surface area contributed by atoms with E-state index in [0.29, 0.717) is 18.8 Å². The highest BCUT2D eigenvalue weighted by atomic mass is 32.2. The van der Waals surface area contributed by atoms with Gasteiger partial charge in [-0.25, -0.2) is 4.98 Å². The summed E-state index contributed by atoms with van der Waals surface area (Å²) in [6, 6.07) is 14.1. The number of carbonyl (C=O) groups excluding carboxylic acids is 1. The Morgan fingerprint density at radius 2 is 1.86 bits per heavy atom. The molecule has 0 bridgehead atoms. The Morgan fingerprint density at radius 3 is 2.57 bits per heavy atom. The van der Waals surface area contributed by atoms with Crippen LogP contribution in [0.4, 0.5) is 5.82 Å². The summed E-state index contributed by atoms with van der Waals surface area (Å²) < 4.78 is 1.91. The fourth-order valence-corrected chi connectivity index (χ4v) is 3.98. The molecule has 1 aliphatic rings. The molecule has 1 saturated heterocycles. The van der Waals surface area contributed by atoms with Crippen molar-refractivity contribution < 1.29 is 4.79 Å². The van der Waals surface area contributed by atoms with Crippen LogP contribution >= 0.6 is 11.8 Å². The lowest BCUT2D eigenvalue weighted by atomic mass is 10.2. The summed E-state index contributed by atoms with van der Waals surface area (Å²) in [7, 11) is 0. The maximum atomic E-state index is 12.6. The Kier molecular flexibility index (Phi) is 5.57. The van der Waals surface area contributed by atoms with Gasteiger partial charge in [0.25, 0.3) is 0 Å². The molecule has 0 spiro atoms. The molecule has 0 N–H and O–H groups in total. The zero-order chi connectivity index (χ0) is 19.3. The predicted octanol–water partition coefficient (Wildman–Crippen LogP) is 2.41. The molecule has 0 unspecified atom stereocenters. The van der Waals surface area contributed by atoms with Gasteiger partial charge in [0.15, 0.2) is 5.16 Å². The first-order valence-corrected chi connectivity index (χ1v) is 10.2. The smallest absolute Gasteiger partial charge is 0.233 e. The number of nitrogens with zero attached hydrogens (tertiary/aromatic N) is 6. The standard InChI is InChI=1S/C20H22N6OS/c1-16-5-7-17(8-6-16)26-15-22-23-20(26)28-14-19(27)25-12-10-24(11-13-25)18-4-2-3-9-21-18/h2-9,15H,10-14H2,1H3. The largest absolute Gasteiger partial charge is 0.353 e. The minimum Gasteiger partial charge on any atom is -0.353 e. The van der Waals surface area contributed by atoms with Crippen molar-refractivity contribution in [1.82, 2.24) is 24.6 Å². The summed E-state index contributed by atoms with van der Waals surface area (Å²) in [6.07, 6.45) is 3.48. The van der Waals surface area contributed by atoms with Crippen LogP contribution in [0.2, 0.25) is 0 Å². The van der Waals surface area contributed by atoms with E-state index in [9.17, 15) is 4.79 Å². The fraction of sp³-hybridized carbons (Fsp3) is 0.300. The second-order valence-corrected chi connectivity index (χ2v) is 7.61. The maximum absolute atomic E-state index is 12.6. The number of aromatic nitrogens is 4. The van der Waals surface area contributed by atoms with E-state index in [1.54, 1.807) is 12.5 Å². The number of benzene rings is 1. The maximum Gasteiger partial charge on any atom is 0.233 e. The van der Waals surface area contributed by atoms with Crippen LogP contribution in [0.3, 0.4) is 0 Å². The SMILES string of the molecule is Cc1ccc(-n2cnnc2SCC(=O)N2CCN(c3ccccn3)CC2)cc1. The Balaban J connectivity index is 1.32. The third-order valence-electron chi connectivity index (χ3n) is 4.76. The van der Waals surface area contributed by atoms with Gasteiger partial charge >= 0.3 is 0 Å². The number of rotatable bonds is 5. The van der Waals surface area contributed by atoms with Crippen molar-refractivity contribution in [3.63, 3.8) is 0 Å². The second-order valence-electron chi connectivity index (χ2n) is 6.66. The number of hydrogen-bond acceptors (Lipinski definition) is 6. The molecule has 0 saturated carbocycles. The summed E-state index contributed by atoms with van der Waals surface area (Å²) in [6.45, 7) is 5.07. The van der Waals surface area contributed by atoms with Crippen molar-refractivity contribution in [2.75, 3.05) is 36.8 Å². The van der Waals surface area contributed by atoms with Gasteiger partial charge in [-0.1, -0.05) is 35.5 Å². The van der Waals surface area contributed by atoms with Crippen molar-refractivity contribution in [3.8, 4) is 5.69 Å². The summed E-state index contributed by atoms with van der Waals surface area (Å²) in [5.74, 6) is 1.45. The summed E-state index contributed by atoms with van der Waals surface area (Å²) in [5.41, 5.74) is 2.19. The highest BCUT2D eigenvalue weighted by Gasteiger charge is 2.22. The topological polar surface area (TPSA) is 67.2 Å². The Labute approximate surface area is 168 Å². The first-order chi connectivity index (χ1) is 13.7. The molecular weight excluding hydrogens is 372 g/mol. The quantitative estimate of drug-likeness (QED) is 0.619. The average Bonchev–Trinajstić information content (AvgIpc) is 3.22. The van der Waals surface area contributed by atoms with Gasteiger partial charge in [-0.2, -0.15) is 0 Å². The van der Waals surface area contributed by atoms with Crippen LogP contribution in [0, 0.1) is 6.92 Å². The third-order valence-corrected chi connectivity index (χ3v) is 5.69. The summed E-state index contributed by atoms with van der Waals surface area (Å²) in [5, 5.41) is 8.91. The van der Waals surface area contributed by atoms with Crippen molar-refractivity contribution in [1.29, 1.82) is 0 Å². The second kappa shape index (κ2) is 8.43.